The van der Waals surface area contributed by atoms with Gasteiger partial charge in [0.15, 0.2) is 11.5 Å². The van der Waals surface area contributed by atoms with E-state index in [1.54, 1.807) is 7.11 Å². The maximum absolute atomic E-state index is 10.6. The lowest BCUT2D eigenvalue weighted by Gasteiger charge is -2.57. The predicted molar refractivity (Wildman–Crippen MR) is 113 cm³/mol. The summed E-state index contributed by atoms with van der Waals surface area (Å²) in [4.78, 5) is 2.49. The molecule has 1 N–H and O–H groups in total. The molecule has 0 aromatic heterocycles. The van der Waals surface area contributed by atoms with E-state index in [9.17, 15) is 5.11 Å². The number of aliphatic hydroxyl groups is 1. The summed E-state index contributed by atoms with van der Waals surface area (Å²) in [7, 11) is 3.97. The largest absolute Gasteiger partial charge is 0.493 e. The van der Waals surface area contributed by atoms with Crippen LogP contribution in [-0.4, -0.2) is 42.9 Å². The molecule has 2 bridgehead atoms. The molecule has 0 amide bonds. The molecule has 152 valence electrons. The van der Waals surface area contributed by atoms with Crippen LogP contribution >= 0.6 is 0 Å². The lowest BCUT2D eigenvalue weighted by atomic mass is 9.53. The van der Waals surface area contributed by atoms with E-state index in [1.165, 1.54) is 11.1 Å². The van der Waals surface area contributed by atoms with Crippen LogP contribution < -0.4 is 9.47 Å². The van der Waals surface area contributed by atoms with Gasteiger partial charge in [-0.25, -0.2) is 0 Å². The number of rotatable bonds is 4. The summed E-state index contributed by atoms with van der Waals surface area (Å²) in [5.41, 5.74) is 3.65. The Morgan fingerprint density at radius 2 is 1.97 bits per heavy atom. The quantitative estimate of drug-likeness (QED) is 0.807. The summed E-state index contributed by atoms with van der Waals surface area (Å²) in [6.07, 6.45) is 6.63. The molecule has 2 aromatic rings. The highest BCUT2D eigenvalue weighted by molar-refractivity contribution is 5.58. The minimum Gasteiger partial charge on any atom is -0.493 e. The average Bonchev–Trinajstić information content (AvgIpc) is 2.75. The lowest BCUT2D eigenvalue weighted by Crippen LogP contribution is -2.60. The van der Waals surface area contributed by atoms with Crippen LogP contribution in [0.25, 0.3) is 0 Å². The topological polar surface area (TPSA) is 41.9 Å². The average molecular weight is 392 g/mol. The summed E-state index contributed by atoms with van der Waals surface area (Å²) in [6.45, 7) is 1.56. The Hall–Kier alpha value is -2.30. The van der Waals surface area contributed by atoms with Gasteiger partial charge in [-0.1, -0.05) is 48.6 Å². The van der Waals surface area contributed by atoms with Crippen molar-refractivity contribution in [3.05, 3.63) is 71.3 Å². The van der Waals surface area contributed by atoms with Crippen molar-refractivity contribution in [3.8, 4) is 11.5 Å². The molecule has 0 radical (unpaired) electrons. The minimum atomic E-state index is -0.403. The fourth-order valence-electron chi connectivity index (χ4n) is 5.86. The molecule has 4 nitrogen and oxygen atoms in total. The van der Waals surface area contributed by atoms with E-state index in [-0.39, 0.29) is 5.41 Å². The maximum atomic E-state index is 10.6. The van der Waals surface area contributed by atoms with E-state index in [2.05, 4.69) is 42.3 Å². The van der Waals surface area contributed by atoms with Gasteiger partial charge in [-0.05, 0) is 50.0 Å². The summed E-state index contributed by atoms with van der Waals surface area (Å²) in [5.74, 6) is 2.05. The molecule has 0 saturated carbocycles. The molecule has 2 aromatic carbocycles. The van der Waals surface area contributed by atoms with E-state index in [0.717, 1.165) is 42.9 Å². The Balaban J connectivity index is 1.59. The number of likely N-dealkylation sites (N-methyl/N-ethyl adjacent to an activating group) is 1. The van der Waals surface area contributed by atoms with Crippen LogP contribution in [0.3, 0.4) is 0 Å². The lowest BCUT2D eigenvalue weighted by molar-refractivity contribution is 0.0192. The van der Waals surface area contributed by atoms with Crippen molar-refractivity contribution in [3.63, 3.8) is 0 Å². The van der Waals surface area contributed by atoms with Crippen molar-refractivity contribution in [2.75, 3.05) is 20.7 Å². The molecular weight excluding hydrogens is 362 g/mol. The summed E-state index contributed by atoms with van der Waals surface area (Å²) < 4.78 is 12.2. The summed E-state index contributed by atoms with van der Waals surface area (Å²) >= 11 is 0. The van der Waals surface area contributed by atoms with Gasteiger partial charge >= 0.3 is 0 Å². The van der Waals surface area contributed by atoms with Crippen molar-refractivity contribution in [2.45, 2.75) is 43.4 Å². The first-order chi connectivity index (χ1) is 14.1. The van der Waals surface area contributed by atoms with Gasteiger partial charge in [0.1, 0.15) is 6.61 Å². The van der Waals surface area contributed by atoms with Crippen molar-refractivity contribution in [1.82, 2.24) is 4.90 Å². The fourth-order valence-corrected chi connectivity index (χ4v) is 5.86. The molecule has 3 aliphatic rings. The molecule has 1 heterocycles. The van der Waals surface area contributed by atoms with Gasteiger partial charge in [-0.2, -0.15) is 0 Å². The molecule has 1 saturated heterocycles. The molecule has 4 atom stereocenters. The van der Waals surface area contributed by atoms with Crippen LogP contribution in [0.15, 0.2) is 54.6 Å². The van der Waals surface area contributed by atoms with Gasteiger partial charge in [0, 0.05) is 22.9 Å². The van der Waals surface area contributed by atoms with Crippen LogP contribution in [0.4, 0.5) is 0 Å². The Kier molecular flexibility index (Phi) is 4.64. The normalized spacial score (nSPS) is 30.4. The van der Waals surface area contributed by atoms with Crippen molar-refractivity contribution < 1.29 is 14.6 Å². The van der Waals surface area contributed by atoms with Crippen LogP contribution in [0, 0.1) is 5.92 Å². The van der Waals surface area contributed by atoms with Crippen LogP contribution in [0.1, 0.15) is 29.5 Å². The Bertz CT molecular complexity index is 925. The first-order valence-electron chi connectivity index (χ1n) is 10.6. The smallest absolute Gasteiger partial charge is 0.164 e. The molecule has 5 rings (SSSR count). The standard InChI is InChI=1S/C25H29NO3/c1-26-13-12-25-15-19(27)9-10-20(25)21(26)14-18-8-11-22(24(28-2)23(18)25)29-16-17-6-4-3-5-7-17/h3-11,19-21,27H,12-16H2,1-2H3/t19-,20-,21+,25-/m0/s1. The Labute approximate surface area is 172 Å². The van der Waals surface area contributed by atoms with Gasteiger partial charge in [-0.15, -0.1) is 0 Å². The van der Waals surface area contributed by atoms with Crippen LogP contribution in [-0.2, 0) is 18.4 Å². The third-order valence-electron chi connectivity index (χ3n) is 7.22. The number of benzene rings is 2. The highest BCUT2D eigenvalue weighted by Crippen LogP contribution is 2.57. The van der Waals surface area contributed by atoms with E-state index < -0.39 is 6.10 Å². The van der Waals surface area contributed by atoms with Crippen LogP contribution in [0.2, 0.25) is 0 Å². The zero-order valence-electron chi connectivity index (χ0n) is 17.2. The number of aliphatic hydroxyl groups excluding tert-OH is 1. The molecule has 2 aliphatic carbocycles. The van der Waals surface area contributed by atoms with Gasteiger partial charge in [0.05, 0.1) is 13.2 Å². The van der Waals surface area contributed by atoms with E-state index >= 15 is 0 Å². The molecule has 1 aliphatic heterocycles. The highest BCUT2D eigenvalue weighted by Gasteiger charge is 2.55. The van der Waals surface area contributed by atoms with E-state index in [4.69, 9.17) is 9.47 Å². The Morgan fingerprint density at radius 1 is 1.14 bits per heavy atom. The number of fused-ring (bicyclic) bond motifs is 1. The molecule has 1 fully saturated rings. The molecule has 0 spiro atoms. The number of piperidine rings is 1. The zero-order chi connectivity index (χ0) is 20.0. The van der Waals surface area contributed by atoms with Crippen molar-refractivity contribution >= 4 is 0 Å². The molecule has 29 heavy (non-hydrogen) atoms. The number of ether oxygens (including phenoxy) is 2. The number of hydrogen-bond donors (Lipinski definition) is 1. The zero-order valence-corrected chi connectivity index (χ0v) is 17.2. The number of hydrogen-bond acceptors (Lipinski definition) is 4. The second-order valence-corrected chi connectivity index (χ2v) is 8.75. The van der Waals surface area contributed by atoms with E-state index in [0.29, 0.717) is 18.6 Å². The van der Waals surface area contributed by atoms with E-state index in [1.807, 2.05) is 24.3 Å². The fraction of sp³-hybridized carbons (Fsp3) is 0.440. The second-order valence-electron chi connectivity index (χ2n) is 8.75. The van der Waals surface area contributed by atoms with Gasteiger partial charge in [0.25, 0.3) is 0 Å². The second kappa shape index (κ2) is 7.19. The minimum absolute atomic E-state index is 0.0869. The molecular formula is C25H29NO3. The van der Waals surface area contributed by atoms with Gasteiger partial charge in [0.2, 0.25) is 0 Å². The predicted octanol–water partition coefficient (Wildman–Crippen LogP) is 3.71. The first-order valence-corrected chi connectivity index (χ1v) is 10.6. The SMILES string of the molecule is COc1c(OCc2ccccc2)ccc2c1[C@]13CCN(C)[C@H](C2)[C@@H]1C=C[C@H](O)C3. The van der Waals surface area contributed by atoms with Crippen molar-refractivity contribution in [1.29, 1.82) is 0 Å². The third kappa shape index (κ3) is 2.97. The van der Waals surface area contributed by atoms with Gasteiger partial charge in [-0.3, -0.25) is 0 Å². The van der Waals surface area contributed by atoms with Gasteiger partial charge < -0.3 is 19.5 Å². The van der Waals surface area contributed by atoms with Crippen LogP contribution in [0.5, 0.6) is 11.5 Å². The highest BCUT2D eigenvalue weighted by atomic mass is 16.5. The molecule has 0 unspecified atom stereocenters. The third-order valence-corrected chi connectivity index (χ3v) is 7.22. The first kappa shape index (κ1) is 18.7. The van der Waals surface area contributed by atoms with Crippen molar-refractivity contribution in [2.24, 2.45) is 5.92 Å². The number of likely N-dealkylation sites (tertiary alicyclic amines) is 1. The molecule has 4 heteroatoms. The maximum Gasteiger partial charge on any atom is 0.164 e. The monoisotopic (exact) mass is 391 g/mol. The summed E-state index contributed by atoms with van der Waals surface area (Å²) in [5, 5.41) is 10.6. The number of nitrogens with zero attached hydrogens (tertiary/aromatic N) is 1. The Morgan fingerprint density at radius 3 is 2.76 bits per heavy atom. The number of methoxy groups -OCH3 is 1. The summed E-state index contributed by atoms with van der Waals surface area (Å²) in [6, 6.07) is 15.0.